The van der Waals surface area contributed by atoms with E-state index in [1.165, 1.54) is 0 Å². The van der Waals surface area contributed by atoms with Gasteiger partial charge in [0.15, 0.2) is 11.5 Å². The van der Waals surface area contributed by atoms with E-state index < -0.39 is 0 Å². The summed E-state index contributed by atoms with van der Waals surface area (Å²) in [5.74, 6) is 0.619. The van der Waals surface area contributed by atoms with Crippen LogP contribution < -0.4 is 0 Å². The molecule has 3 nitrogen and oxygen atoms in total. The smallest absolute Gasteiger partial charge is 0.217 e. The molecule has 0 aliphatic rings. The van der Waals surface area contributed by atoms with Crippen LogP contribution in [0.1, 0.15) is 18.3 Å². The van der Waals surface area contributed by atoms with Gasteiger partial charge >= 0.3 is 12.0 Å². The van der Waals surface area contributed by atoms with Gasteiger partial charge in [-0.15, -0.1) is 0 Å². The molecule has 0 radical (unpaired) electrons. The van der Waals surface area contributed by atoms with Gasteiger partial charge in [-0.05, 0) is 43.3 Å². The fourth-order valence-corrected chi connectivity index (χ4v) is 2.90. The third-order valence-corrected chi connectivity index (χ3v) is 4.19. The SMILES string of the molecule is CCc1c([C+]=O)nc(-c2ccccc2Cl)n1-c1ccc(Cl)cc1. The molecule has 114 valence electrons. The van der Waals surface area contributed by atoms with Gasteiger partial charge in [-0.25, -0.2) is 4.57 Å². The molecule has 0 amide bonds. The third kappa shape index (κ3) is 2.87. The summed E-state index contributed by atoms with van der Waals surface area (Å²) in [5, 5.41) is 1.22. The van der Waals surface area contributed by atoms with Crippen LogP contribution in [0.15, 0.2) is 48.5 Å². The highest BCUT2D eigenvalue weighted by Crippen LogP contribution is 2.31. The van der Waals surface area contributed by atoms with Gasteiger partial charge in [-0.1, -0.05) is 40.1 Å². The second kappa shape index (κ2) is 6.51. The number of rotatable bonds is 4. The Morgan fingerprint density at radius 3 is 2.39 bits per heavy atom. The summed E-state index contributed by atoms with van der Waals surface area (Å²) >= 11 is 12.3. The quantitative estimate of drug-likeness (QED) is 0.633. The Hall–Kier alpha value is -2.19. The molecule has 0 aliphatic carbocycles. The highest BCUT2D eigenvalue weighted by Gasteiger charge is 2.28. The predicted octanol–water partition coefficient (Wildman–Crippen LogP) is 4.87. The Morgan fingerprint density at radius 2 is 1.78 bits per heavy atom. The number of hydrogen-bond acceptors (Lipinski definition) is 2. The molecule has 0 aliphatic heterocycles. The van der Waals surface area contributed by atoms with Gasteiger partial charge < -0.3 is 0 Å². The van der Waals surface area contributed by atoms with Crippen molar-refractivity contribution in [2.45, 2.75) is 13.3 Å². The fraction of sp³-hybridized carbons (Fsp3) is 0.111. The maximum absolute atomic E-state index is 11.3. The van der Waals surface area contributed by atoms with Crippen molar-refractivity contribution in [2.24, 2.45) is 0 Å². The molecule has 1 heterocycles. The Kier molecular flexibility index (Phi) is 4.44. The van der Waals surface area contributed by atoms with E-state index in [4.69, 9.17) is 23.2 Å². The molecule has 0 fully saturated rings. The summed E-state index contributed by atoms with van der Waals surface area (Å²) in [6.07, 6.45) is 2.57. The zero-order chi connectivity index (χ0) is 16.4. The van der Waals surface area contributed by atoms with Gasteiger partial charge in [0.2, 0.25) is 0 Å². The molecular formula is C18H13Cl2N2O+. The van der Waals surface area contributed by atoms with Crippen LogP contribution in [-0.2, 0) is 11.2 Å². The molecule has 0 spiro atoms. The van der Waals surface area contributed by atoms with Crippen LogP contribution in [0.25, 0.3) is 17.1 Å². The number of benzene rings is 2. The number of nitrogens with zero attached hydrogens (tertiary/aromatic N) is 2. The van der Waals surface area contributed by atoms with Crippen molar-refractivity contribution >= 4 is 29.5 Å². The zero-order valence-corrected chi connectivity index (χ0v) is 13.9. The predicted molar refractivity (Wildman–Crippen MR) is 93.2 cm³/mol. The van der Waals surface area contributed by atoms with E-state index >= 15 is 0 Å². The summed E-state index contributed by atoms with van der Waals surface area (Å²) < 4.78 is 1.93. The van der Waals surface area contributed by atoms with E-state index in [2.05, 4.69) is 4.98 Å². The lowest BCUT2D eigenvalue weighted by atomic mass is 10.2. The molecule has 0 bridgehead atoms. The fourth-order valence-electron chi connectivity index (χ4n) is 2.55. The van der Waals surface area contributed by atoms with E-state index in [9.17, 15) is 4.79 Å². The Bertz CT molecular complexity index is 854. The molecule has 23 heavy (non-hydrogen) atoms. The maximum atomic E-state index is 11.3. The van der Waals surface area contributed by atoms with Crippen LogP contribution in [-0.4, -0.2) is 15.8 Å². The lowest BCUT2D eigenvalue weighted by molar-refractivity contribution is 0.561. The lowest BCUT2D eigenvalue weighted by Crippen LogP contribution is -2.03. The van der Waals surface area contributed by atoms with E-state index in [1.54, 1.807) is 18.2 Å². The number of aromatic nitrogens is 2. The van der Waals surface area contributed by atoms with Gasteiger partial charge in [-0.3, -0.25) is 0 Å². The number of imidazole rings is 1. The van der Waals surface area contributed by atoms with Crippen LogP contribution in [0.5, 0.6) is 0 Å². The van der Waals surface area contributed by atoms with Gasteiger partial charge in [0.1, 0.15) is 0 Å². The topological polar surface area (TPSA) is 34.9 Å². The molecule has 0 N–H and O–H groups in total. The average Bonchev–Trinajstić information content (AvgIpc) is 2.94. The minimum Gasteiger partial charge on any atom is -0.217 e. The Morgan fingerprint density at radius 1 is 1.09 bits per heavy atom. The van der Waals surface area contributed by atoms with Crippen LogP contribution in [0.3, 0.4) is 0 Å². The first-order chi connectivity index (χ1) is 11.2. The third-order valence-electron chi connectivity index (χ3n) is 3.60. The summed E-state index contributed by atoms with van der Waals surface area (Å²) in [6, 6.07) is 14.8. The van der Waals surface area contributed by atoms with Crippen molar-refractivity contribution in [1.82, 2.24) is 9.55 Å². The van der Waals surface area contributed by atoms with Crippen molar-refractivity contribution < 1.29 is 4.79 Å². The zero-order valence-electron chi connectivity index (χ0n) is 12.4. The minimum atomic E-state index is 0.303. The van der Waals surface area contributed by atoms with Crippen LogP contribution in [0.4, 0.5) is 0 Å². The summed E-state index contributed by atoms with van der Waals surface area (Å²) in [5.41, 5.74) is 2.73. The molecule has 5 heteroatoms. The number of carbonyl (C=O) groups excluding carboxylic acids is 1. The second-order valence-corrected chi connectivity index (χ2v) is 5.82. The Labute approximate surface area is 144 Å². The van der Waals surface area contributed by atoms with Crippen molar-refractivity contribution in [3.63, 3.8) is 0 Å². The summed E-state index contributed by atoms with van der Waals surface area (Å²) in [4.78, 5) is 15.7. The van der Waals surface area contributed by atoms with Crippen molar-refractivity contribution in [3.8, 4) is 17.1 Å². The van der Waals surface area contributed by atoms with Crippen LogP contribution in [0.2, 0.25) is 10.0 Å². The molecule has 0 saturated heterocycles. The number of halogens is 2. The maximum Gasteiger partial charge on any atom is 0.388 e. The second-order valence-electron chi connectivity index (χ2n) is 4.98. The summed E-state index contributed by atoms with van der Waals surface area (Å²) in [6.45, 7) is 1.97. The summed E-state index contributed by atoms with van der Waals surface area (Å²) in [7, 11) is 0. The molecule has 3 rings (SSSR count). The van der Waals surface area contributed by atoms with Crippen molar-refractivity contribution in [3.05, 3.63) is 70.0 Å². The molecular weight excluding hydrogens is 331 g/mol. The normalized spacial score (nSPS) is 10.6. The van der Waals surface area contributed by atoms with Crippen LogP contribution >= 0.6 is 23.2 Å². The van der Waals surface area contributed by atoms with Gasteiger partial charge in [0.25, 0.3) is 0 Å². The molecule has 0 atom stereocenters. The van der Waals surface area contributed by atoms with Gasteiger partial charge in [0.05, 0.1) is 17.1 Å². The highest BCUT2D eigenvalue weighted by atomic mass is 35.5. The molecule has 1 aromatic heterocycles. The van der Waals surface area contributed by atoms with Gasteiger partial charge in [-0.2, -0.15) is 4.98 Å². The molecule has 0 unspecified atom stereocenters. The standard InChI is InChI=1S/C18H13Cl2N2O/c1-2-17-16(11-23)21-18(14-5-3-4-6-15(14)20)22(17)13-9-7-12(19)8-10-13/h3-10H,2H2,1H3/q+1. The van der Waals surface area contributed by atoms with E-state index in [0.29, 0.717) is 28.0 Å². The molecule has 2 aromatic carbocycles. The number of hydrogen-bond donors (Lipinski definition) is 0. The van der Waals surface area contributed by atoms with Crippen LogP contribution in [0, 0.1) is 0 Å². The molecule has 3 aromatic rings. The van der Waals surface area contributed by atoms with E-state index in [0.717, 1.165) is 16.9 Å². The largest absolute Gasteiger partial charge is 0.388 e. The average molecular weight is 344 g/mol. The van der Waals surface area contributed by atoms with E-state index in [1.807, 2.05) is 48.1 Å². The Balaban J connectivity index is 2.32. The first-order valence-electron chi connectivity index (χ1n) is 7.16. The van der Waals surface area contributed by atoms with Crippen molar-refractivity contribution in [1.29, 1.82) is 0 Å². The minimum absolute atomic E-state index is 0.303. The first-order valence-corrected chi connectivity index (χ1v) is 7.92. The molecule has 0 saturated carbocycles. The lowest BCUT2D eigenvalue weighted by Gasteiger charge is -2.08. The van der Waals surface area contributed by atoms with Gasteiger partial charge in [0, 0.05) is 10.6 Å². The van der Waals surface area contributed by atoms with Crippen molar-refractivity contribution in [2.75, 3.05) is 0 Å². The highest BCUT2D eigenvalue weighted by molar-refractivity contribution is 6.33. The monoisotopic (exact) mass is 343 g/mol. The first kappa shape index (κ1) is 15.7. The van der Waals surface area contributed by atoms with E-state index in [-0.39, 0.29) is 0 Å².